The third-order valence-electron chi connectivity index (χ3n) is 1.52. The van der Waals surface area contributed by atoms with Crippen LogP contribution in [0.25, 0.3) is 0 Å². The van der Waals surface area contributed by atoms with Gasteiger partial charge in [0.2, 0.25) is 5.78 Å². The van der Waals surface area contributed by atoms with Gasteiger partial charge in [-0.15, -0.1) is 0 Å². The quantitative estimate of drug-likeness (QED) is 0.690. The second-order valence-corrected chi connectivity index (χ2v) is 2.66. The molecule has 13 heavy (non-hydrogen) atoms. The molecule has 0 spiro atoms. The fourth-order valence-electron chi connectivity index (χ4n) is 0.884. The van der Waals surface area contributed by atoms with E-state index >= 15 is 0 Å². The van der Waals surface area contributed by atoms with E-state index in [0.717, 1.165) is 0 Å². The van der Waals surface area contributed by atoms with Gasteiger partial charge in [0.15, 0.2) is 0 Å². The standard InChI is InChI=1S/C8H9NO4/c1-5-4-6(9-13-5)2-3-7(10)8(11)12/h4H,2-3H2,1H3,(H,11,12). The van der Waals surface area contributed by atoms with Gasteiger partial charge in [-0.05, 0) is 6.92 Å². The molecule has 0 unspecified atom stereocenters. The molecule has 0 aliphatic heterocycles. The molecule has 0 saturated heterocycles. The van der Waals surface area contributed by atoms with Gasteiger partial charge in [-0.1, -0.05) is 5.16 Å². The lowest BCUT2D eigenvalue weighted by molar-refractivity contribution is -0.149. The lowest BCUT2D eigenvalue weighted by atomic mass is 10.2. The Morgan fingerprint density at radius 2 is 2.31 bits per heavy atom. The van der Waals surface area contributed by atoms with E-state index in [1.54, 1.807) is 13.0 Å². The first kappa shape index (κ1) is 9.44. The molecule has 0 aromatic carbocycles. The Morgan fingerprint density at radius 1 is 1.62 bits per heavy atom. The van der Waals surface area contributed by atoms with E-state index < -0.39 is 11.8 Å². The van der Waals surface area contributed by atoms with E-state index in [2.05, 4.69) is 5.16 Å². The van der Waals surface area contributed by atoms with Crippen molar-refractivity contribution in [3.63, 3.8) is 0 Å². The number of carbonyl (C=O) groups is 2. The van der Waals surface area contributed by atoms with Gasteiger partial charge in [0, 0.05) is 18.9 Å². The highest BCUT2D eigenvalue weighted by atomic mass is 16.5. The molecule has 0 saturated carbocycles. The zero-order valence-electron chi connectivity index (χ0n) is 7.11. The van der Waals surface area contributed by atoms with Crippen molar-refractivity contribution in [1.29, 1.82) is 0 Å². The summed E-state index contributed by atoms with van der Waals surface area (Å²) >= 11 is 0. The van der Waals surface area contributed by atoms with E-state index in [0.29, 0.717) is 17.9 Å². The van der Waals surface area contributed by atoms with Crippen molar-refractivity contribution >= 4 is 11.8 Å². The summed E-state index contributed by atoms with van der Waals surface area (Å²) in [6.07, 6.45) is 0.268. The maximum absolute atomic E-state index is 10.7. The minimum atomic E-state index is -1.40. The summed E-state index contributed by atoms with van der Waals surface area (Å²) in [6.45, 7) is 1.73. The van der Waals surface area contributed by atoms with E-state index in [-0.39, 0.29) is 6.42 Å². The van der Waals surface area contributed by atoms with Crippen LogP contribution in [0.5, 0.6) is 0 Å². The minimum absolute atomic E-state index is 0.0404. The molecule has 0 aliphatic carbocycles. The molecule has 1 aromatic heterocycles. The number of aryl methyl sites for hydroxylation is 2. The number of hydrogen-bond acceptors (Lipinski definition) is 4. The van der Waals surface area contributed by atoms with Crippen LogP contribution in [-0.4, -0.2) is 22.0 Å². The van der Waals surface area contributed by atoms with E-state index in [1.165, 1.54) is 0 Å². The van der Waals surface area contributed by atoms with E-state index in [4.69, 9.17) is 9.63 Å². The maximum Gasteiger partial charge on any atom is 0.372 e. The highest BCUT2D eigenvalue weighted by Gasteiger charge is 2.12. The molecule has 5 heteroatoms. The second-order valence-electron chi connectivity index (χ2n) is 2.66. The summed E-state index contributed by atoms with van der Waals surface area (Å²) in [7, 11) is 0. The Hall–Kier alpha value is -1.65. The number of nitrogens with zero attached hydrogens (tertiary/aromatic N) is 1. The number of carbonyl (C=O) groups excluding carboxylic acids is 1. The minimum Gasteiger partial charge on any atom is -0.476 e. The molecular formula is C8H9NO4. The zero-order valence-corrected chi connectivity index (χ0v) is 7.11. The summed E-state index contributed by atoms with van der Waals surface area (Å²) in [6, 6.07) is 1.68. The monoisotopic (exact) mass is 183 g/mol. The largest absolute Gasteiger partial charge is 0.476 e. The number of Topliss-reactive ketones (excluding diaryl/α,β-unsaturated/α-hetero) is 1. The second kappa shape index (κ2) is 3.84. The van der Waals surface area contributed by atoms with Gasteiger partial charge >= 0.3 is 5.97 Å². The molecule has 1 heterocycles. The van der Waals surface area contributed by atoms with Crippen LogP contribution in [0.4, 0.5) is 0 Å². The molecular weight excluding hydrogens is 174 g/mol. The first-order valence-electron chi connectivity index (χ1n) is 3.78. The molecule has 0 amide bonds. The molecule has 5 nitrogen and oxygen atoms in total. The number of ketones is 1. The summed E-state index contributed by atoms with van der Waals surface area (Å²) < 4.78 is 4.75. The average Bonchev–Trinajstić information content (AvgIpc) is 2.47. The number of aromatic nitrogens is 1. The lowest BCUT2D eigenvalue weighted by Gasteiger charge is -1.90. The maximum atomic E-state index is 10.7. The normalized spacial score (nSPS) is 9.92. The Bertz CT molecular complexity index is 329. The summed E-state index contributed by atoms with van der Waals surface area (Å²) in [5.74, 6) is -1.56. The molecule has 0 atom stereocenters. The summed E-state index contributed by atoms with van der Waals surface area (Å²) in [4.78, 5) is 20.8. The van der Waals surface area contributed by atoms with Gasteiger partial charge in [0.25, 0.3) is 0 Å². The van der Waals surface area contributed by atoms with Crippen LogP contribution in [0.2, 0.25) is 0 Å². The van der Waals surface area contributed by atoms with Crippen molar-refractivity contribution in [2.75, 3.05) is 0 Å². The van der Waals surface area contributed by atoms with Crippen LogP contribution in [0.3, 0.4) is 0 Å². The van der Waals surface area contributed by atoms with Gasteiger partial charge in [0.1, 0.15) is 5.76 Å². The van der Waals surface area contributed by atoms with Crippen LogP contribution < -0.4 is 0 Å². The first-order chi connectivity index (χ1) is 6.09. The number of carboxylic acid groups (broad SMARTS) is 1. The number of rotatable bonds is 4. The van der Waals surface area contributed by atoms with Gasteiger partial charge in [-0.3, -0.25) is 4.79 Å². The van der Waals surface area contributed by atoms with Crippen molar-refractivity contribution in [3.8, 4) is 0 Å². The van der Waals surface area contributed by atoms with Gasteiger partial charge in [-0.2, -0.15) is 0 Å². The lowest BCUT2D eigenvalue weighted by Crippen LogP contribution is -2.12. The van der Waals surface area contributed by atoms with Crippen molar-refractivity contribution in [2.45, 2.75) is 19.8 Å². The molecule has 0 fully saturated rings. The average molecular weight is 183 g/mol. The Balaban J connectivity index is 2.44. The highest BCUT2D eigenvalue weighted by molar-refractivity contribution is 6.32. The Morgan fingerprint density at radius 3 is 2.77 bits per heavy atom. The zero-order chi connectivity index (χ0) is 9.84. The third kappa shape index (κ3) is 2.70. The smallest absolute Gasteiger partial charge is 0.372 e. The van der Waals surface area contributed by atoms with Crippen LogP contribution >= 0.6 is 0 Å². The van der Waals surface area contributed by atoms with Crippen molar-refractivity contribution < 1.29 is 19.2 Å². The van der Waals surface area contributed by atoms with Gasteiger partial charge in [-0.25, -0.2) is 4.79 Å². The van der Waals surface area contributed by atoms with Crippen molar-refractivity contribution in [3.05, 3.63) is 17.5 Å². The number of hydrogen-bond donors (Lipinski definition) is 1. The first-order valence-corrected chi connectivity index (χ1v) is 3.78. The van der Waals surface area contributed by atoms with Crippen LogP contribution in [0.15, 0.2) is 10.6 Å². The summed E-state index contributed by atoms with van der Waals surface area (Å²) in [5, 5.41) is 11.9. The van der Waals surface area contributed by atoms with E-state index in [9.17, 15) is 9.59 Å². The molecule has 0 aliphatic rings. The van der Waals surface area contributed by atoms with Crippen molar-refractivity contribution in [2.24, 2.45) is 0 Å². The molecule has 1 aromatic rings. The molecule has 0 radical (unpaired) electrons. The summed E-state index contributed by atoms with van der Waals surface area (Å²) in [5.41, 5.74) is 0.604. The van der Waals surface area contributed by atoms with Gasteiger partial charge < -0.3 is 9.63 Å². The van der Waals surface area contributed by atoms with Crippen LogP contribution in [0.1, 0.15) is 17.9 Å². The Kier molecular flexibility index (Phi) is 2.79. The number of carboxylic acids is 1. The fourth-order valence-corrected chi connectivity index (χ4v) is 0.884. The number of aliphatic carboxylic acids is 1. The fraction of sp³-hybridized carbons (Fsp3) is 0.375. The van der Waals surface area contributed by atoms with Gasteiger partial charge in [0.05, 0.1) is 5.69 Å². The topological polar surface area (TPSA) is 80.4 Å². The van der Waals surface area contributed by atoms with E-state index in [1.807, 2.05) is 0 Å². The Labute approximate surface area is 74.3 Å². The molecule has 70 valence electrons. The SMILES string of the molecule is Cc1cc(CCC(=O)C(=O)O)no1. The molecule has 1 N–H and O–H groups in total. The van der Waals surface area contributed by atoms with Crippen molar-refractivity contribution in [1.82, 2.24) is 5.16 Å². The predicted octanol–water partition coefficient (Wildman–Crippen LogP) is 0.569. The molecule has 1 rings (SSSR count). The van der Waals surface area contributed by atoms with Crippen LogP contribution in [0, 0.1) is 6.92 Å². The third-order valence-corrected chi connectivity index (χ3v) is 1.52. The highest BCUT2D eigenvalue weighted by Crippen LogP contribution is 2.04. The van der Waals surface area contributed by atoms with Crippen LogP contribution in [-0.2, 0) is 16.0 Å². The predicted molar refractivity (Wildman–Crippen MR) is 42.2 cm³/mol. The molecule has 0 bridgehead atoms.